The van der Waals surface area contributed by atoms with Crippen LogP contribution < -0.4 is 23.7 Å². The van der Waals surface area contributed by atoms with Gasteiger partial charge in [0.15, 0.2) is 23.9 Å². The number of alkyl halides is 3. The van der Waals surface area contributed by atoms with Crippen LogP contribution in [0.5, 0.6) is 28.7 Å². The van der Waals surface area contributed by atoms with E-state index in [1.807, 2.05) is 0 Å². The van der Waals surface area contributed by atoms with Crippen molar-refractivity contribution in [1.29, 1.82) is 0 Å². The summed E-state index contributed by atoms with van der Waals surface area (Å²) in [5.74, 6) is 0.0638. The van der Waals surface area contributed by atoms with Gasteiger partial charge in [-0.25, -0.2) is 0 Å². The Morgan fingerprint density at radius 3 is 2.32 bits per heavy atom. The van der Waals surface area contributed by atoms with Crippen molar-refractivity contribution < 1.29 is 51.2 Å². The van der Waals surface area contributed by atoms with Crippen LogP contribution in [0.25, 0.3) is 0 Å². The number of carbonyl (C=O) groups excluding carboxylic acids is 2. The number of halogens is 3. The van der Waals surface area contributed by atoms with Gasteiger partial charge in [0.05, 0.1) is 45.6 Å². The van der Waals surface area contributed by atoms with Gasteiger partial charge in [0.1, 0.15) is 24.2 Å². The van der Waals surface area contributed by atoms with E-state index in [0.717, 1.165) is 0 Å². The molecule has 0 aliphatic carbocycles. The molecule has 2 aromatic rings. The third kappa shape index (κ3) is 6.97. The lowest BCUT2D eigenvalue weighted by Gasteiger charge is -2.33. The lowest BCUT2D eigenvalue weighted by Crippen LogP contribution is -2.47. The molecule has 1 aliphatic heterocycles. The molecule has 1 fully saturated rings. The highest BCUT2D eigenvalue weighted by atomic mass is 19.4. The quantitative estimate of drug-likeness (QED) is 0.431. The summed E-state index contributed by atoms with van der Waals surface area (Å²) in [7, 11) is 4.25. The van der Waals surface area contributed by atoms with Crippen LogP contribution in [0.4, 0.5) is 13.2 Å². The molecule has 1 unspecified atom stereocenters. The molecule has 202 valence electrons. The highest BCUT2D eigenvalue weighted by molar-refractivity contribution is 5.98. The van der Waals surface area contributed by atoms with Gasteiger partial charge in [-0.1, -0.05) is 0 Å². The lowest BCUT2D eigenvalue weighted by molar-refractivity contribution is -0.153. The first-order valence-corrected chi connectivity index (χ1v) is 11.2. The molecule has 0 N–H and O–H groups in total. The number of morpholine rings is 1. The minimum atomic E-state index is -4.57. The second kappa shape index (κ2) is 12.0. The minimum absolute atomic E-state index is 0.0386. The Bertz CT molecular complexity index is 1120. The lowest BCUT2D eigenvalue weighted by atomic mass is 10.1. The Labute approximate surface area is 211 Å². The maximum absolute atomic E-state index is 13.3. The Kier molecular flexibility index (Phi) is 9.09. The SMILES string of the molecule is COc1ccc(OCC(F)(F)F)c(C(=O)N2CCOC(COc3c(C(C)=O)ccc(OC)c3OC)C2)c1. The average Bonchev–Trinajstić information content (AvgIpc) is 2.89. The number of rotatable bonds is 10. The number of ketones is 1. The predicted molar refractivity (Wildman–Crippen MR) is 125 cm³/mol. The molecule has 1 saturated heterocycles. The Morgan fingerprint density at radius 1 is 0.973 bits per heavy atom. The number of hydrogen-bond acceptors (Lipinski definition) is 8. The summed E-state index contributed by atoms with van der Waals surface area (Å²) in [6, 6.07) is 7.15. The van der Waals surface area contributed by atoms with E-state index >= 15 is 0 Å². The molecule has 0 saturated carbocycles. The van der Waals surface area contributed by atoms with E-state index in [9.17, 15) is 22.8 Å². The number of hydrogen-bond donors (Lipinski definition) is 0. The summed E-state index contributed by atoms with van der Waals surface area (Å²) in [4.78, 5) is 26.9. The summed E-state index contributed by atoms with van der Waals surface area (Å²) in [6.45, 7) is 0.252. The van der Waals surface area contributed by atoms with Crippen molar-refractivity contribution in [3.05, 3.63) is 41.5 Å². The van der Waals surface area contributed by atoms with E-state index in [1.54, 1.807) is 12.1 Å². The van der Waals surface area contributed by atoms with Gasteiger partial charge in [-0.05, 0) is 37.3 Å². The number of ether oxygens (including phenoxy) is 6. The average molecular weight is 527 g/mol. The van der Waals surface area contributed by atoms with Crippen molar-refractivity contribution in [3.63, 3.8) is 0 Å². The van der Waals surface area contributed by atoms with Gasteiger partial charge in [-0.3, -0.25) is 9.59 Å². The Hall–Kier alpha value is -3.67. The molecule has 0 spiro atoms. The summed E-state index contributed by atoms with van der Waals surface area (Å²) < 4.78 is 70.5. The summed E-state index contributed by atoms with van der Waals surface area (Å²) in [5.41, 5.74) is 0.211. The van der Waals surface area contributed by atoms with Crippen molar-refractivity contribution >= 4 is 11.7 Å². The van der Waals surface area contributed by atoms with Crippen LogP contribution in [0.3, 0.4) is 0 Å². The monoisotopic (exact) mass is 527 g/mol. The summed E-state index contributed by atoms with van der Waals surface area (Å²) in [5, 5.41) is 0. The molecular weight excluding hydrogens is 499 g/mol. The topological polar surface area (TPSA) is 92.8 Å². The zero-order chi connectivity index (χ0) is 27.2. The molecule has 9 nitrogen and oxygen atoms in total. The van der Waals surface area contributed by atoms with Crippen molar-refractivity contribution in [2.75, 3.05) is 54.2 Å². The van der Waals surface area contributed by atoms with Crippen molar-refractivity contribution in [2.45, 2.75) is 19.2 Å². The molecule has 1 amide bonds. The molecule has 1 heterocycles. The van der Waals surface area contributed by atoms with Crippen LogP contribution in [-0.2, 0) is 4.74 Å². The molecule has 0 aromatic heterocycles. The van der Waals surface area contributed by atoms with Gasteiger partial charge >= 0.3 is 6.18 Å². The zero-order valence-corrected chi connectivity index (χ0v) is 20.8. The number of Topliss-reactive ketones (excluding diaryl/α,β-unsaturated/α-hetero) is 1. The fraction of sp³-hybridized carbons (Fsp3) is 0.440. The molecule has 0 bridgehead atoms. The van der Waals surface area contributed by atoms with Crippen LogP contribution in [0.1, 0.15) is 27.6 Å². The van der Waals surface area contributed by atoms with Crippen molar-refractivity contribution in [2.24, 2.45) is 0 Å². The molecule has 1 aliphatic rings. The van der Waals surface area contributed by atoms with E-state index in [1.165, 1.54) is 51.4 Å². The highest BCUT2D eigenvalue weighted by Crippen LogP contribution is 2.40. The summed E-state index contributed by atoms with van der Waals surface area (Å²) in [6.07, 6.45) is -5.17. The smallest absolute Gasteiger partial charge is 0.422 e. The molecule has 12 heteroatoms. The molecule has 0 radical (unpaired) electrons. The van der Waals surface area contributed by atoms with Gasteiger partial charge in [-0.2, -0.15) is 13.2 Å². The minimum Gasteiger partial charge on any atom is -0.497 e. The van der Waals surface area contributed by atoms with Gasteiger partial charge in [0.25, 0.3) is 5.91 Å². The number of amides is 1. The van der Waals surface area contributed by atoms with Crippen LogP contribution in [-0.4, -0.2) is 83.1 Å². The van der Waals surface area contributed by atoms with E-state index in [0.29, 0.717) is 5.75 Å². The first-order valence-electron chi connectivity index (χ1n) is 11.2. The standard InChI is InChI=1S/C25H28F3NO8/c1-15(30)18-6-8-21(33-3)23(34-4)22(18)36-13-17-12-29(9-10-35-17)24(31)19-11-16(32-2)5-7-20(19)37-14-25(26,27)28/h5-8,11,17H,9-10,12-14H2,1-4H3. The van der Waals surface area contributed by atoms with Crippen molar-refractivity contribution in [3.8, 4) is 28.7 Å². The number of benzene rings is 2. The predicted octanol–water partition coefficient (Wildman–Crippen LogP) is 3.78. The second-order valence-electron chi connectivity index (χ2n) is 8.05. The fourth-order valence-corrected chi connectivity index (χ4v) is 3.76. The molecule has 1 atom stereocenters. The van der Waals surface area contributed by atoms with Gasteiger partial charge < -0.3 is 33.3 Å². The van der Waals surface area contributed by atoms with E-state index in [-0.39, 0.29) is 66.2 Å². The fourth-order valence-electron chi connectivity index (χ4n) is 3.76. The third-order valence-electron chi connectivity index (χ3n) is 5.53. The molecule has 3 rings (SSSR count). The first kappa shape index (κ1) is 27.9. The number of carbonyl (C=O) groups is 2. The largest absolute Gasteiger partial charge is 0.497 e. The van der Waals surface area contributed by atoms with E-state index in [2.05, 4.69) is 0 Å². The van der Waals surface area contributed by atoms with Gasteiger partial charge in [0.2, 0.25) is 5.75 Å². The van der Waals surface area contributed by atoms with Crippen LogP contribution in [0.2, 0.25) is 0 Å². The Balaban J connectivity index is 1.78. The highest BCUT2D eigenvalue weighted by Gasteiger charge is 2.32. The third-order valence-corrected chi connectivity index (χ3v) is 5.53. The molecule has 2 aromatic carbocycles. The second-order valence-corrected chi connectivity index (χ2v) is 8.05. The number of nitrogens with zero attached hydrogens (tertiary/aromatic N) is 1. The van der Waals surface area contributed by atoms with Crippen LogP contribution in [0, 0.1) is 0 Å². The first-order chi connectivity index (χ1) is 17.6. The van der Waals surface area contributed by atoms with Crippen molar-refractivity contribution in [1.82, 2.24) is 4.90 Å². The van der Waals surface area contributed by atoms with Gasteiger partial charge in [0, 0.05) is 6.54 Å². The van der Waals surface area contributed by atoms with Crippen LogP contribution in [0.15, 0.2) is 30.3 Å². The maximum Gasteiger partial charge on any atom is 0.422 e. The Morgan fingerprint density at radius 2 is 1.70 bits per heavy atom. The van der Waals surface area contributed by atoms with Crippen LogP contribution >= 0.6 is 0 Å². The summed E-state index contributed by atoms with van der Waals surface area (Å²) >= 11 is 0. The number of methoxy groups -OCH3 is 3. The van der Waals surface area contributed by atoms with E-state index < -0.39 is 24.8 Å². The molecule has 37 heavy (non-hydrogen) atoms. The zero-order valence-electron chi connectivity index (χ0n) is 20.8. The van der Waals surface area contributed by atoms with E-state index in [4.69, 9.17) is 28.4 Å². The maximum atomic E-state index is 13.3. The molecular formula is C25H28F3NO8. The van der Waals surface area contributed by atoms with Gasteiger partial charge in [-0.15, -0.1) is 0 Å². The normalized spacial score (nSPS) is 15.6.